The van der Waals surface area contributed by atoms with Crippen LogP contribution < -0.4 is 0 Å². The molecule has 22 heavy (non-hydrogen) atoms. The highest BCUT2D eigenvalue weighted by Crippen LogP contribution is 2.12. The minimum atomic E-state index is -0.936. The van der Waals surface area contributed by atoms with Gasteiger partial charge in [-0.1, -0.05) is 12.8 Å². The molecule has 7 heteroatoms. The van der Waals surface area contributed by atoms with Crippen molar-refractivity contribution in [3.8, 4) is 0 Å². The summed E-state index contributed by atoms with van der Waals surface area (Å²) in [6.45, 7) is 5.37. The molecule has 0 aromatic heterocycles. The summed E-state index contributed by atoms with van der Waals surface area (Å²) in [5, 5.41) is 8.61. The second kappa shape index (κ2) is 9.71. The molecule has 1 aliphatic heterocycles. The van der Waals surface area contributed by atoms with Crippen LogP contribution in [-0.2, 0) is 14.4 Å². The van der Waals surface area contributed by atoms with Crippen LogP contribution in [0.25, 0.3) is 0 Å². The Morgan fingerprint density at radius 2 is 1.68 bits per heavy atom. The zero-order valence-electron chi connectivity index (χ0n) is 13.4. The number of amides is 2. The van der Waals surface area contributed by atoms with Crippen LogP contribution in [0.2, 0.25) is 0 Å². The summed E-state index contributed by atoms with van der Waals surface area (Å²) in [4.78, 5) is 38.5. The Bertz CT molecular complexity index is 393. The Balaban J connectivity index is 2.53. The summed E-state index contributed by atoms with van der Waals surface area (Å²) in [6.07, 6.45) is 4.36. The summed E-state index contributed by atoms with van der Waals surface area (Å²) >= 11 is 1.07. The van der Waals surface area contributed by atoms with E-state index in [0.29, 0.717) is 0 Å². The summed E-state index contributed by atoms with van der Waals surface area (Å²) in [7, 11) is 0. The highest BCUT2D eigenvalue weighted by atomic mass is 32.2. The van der Waals surface area contributed by atoms with E-state index < -0.39 is 5.97 Å². The monoisotopic (exact) mass is 330 g/mol. The second-order valence-corrected chi connectivity index (χ2v) is 6.78. The third kappa shape index (κ3) is 6.68. The fraction of sp³-hybridized carbons (Fsp3) is 0.800. The van der Waals surface area contributed by atoms with Crippen molar-refractivity contribution in [3.05, 3.63) is 0 Å². The zero-order chi connectivity index (χ0) is 16.5. The third-order valence-electron chi connectivity index (χ3n) is 3.66. The van der Waals surface area contributed by atoms with Gasteiger partial charge in [0.05, 0.1) is 11.5 Å². The lowest BCUT2D eigenvalue weighted by Crippen LogP contribution is -2.46. The molecule has 0 unspecified atom stereocenters. The van der Waals surface area contributed by atoms with Crippen molar-refractivity contribution in [1.29, 1.82) is 0 Å². The van der Waals surface area contributed by atoms with E-state index in [1.165, 1.54) is 0 Å². The molecular weight excluding hydrogens is 304 g/mol. The molecule has 1 rings (SSSR count). The molecule has 0 saturated carbocycles. The van der Waals surface area contributed by atoms with E-state index in [1.807, 2.05) is 18.7 Å². The van der Waals surface area contributed by atoms with Crippen LogP contribution in [0.15, 0.2) is 0 Å². The van der Waals surface area contributed by atoms with Crippen LogP contribution in [-0.4, -0.2) is 69.9 Å². The van der Waals surface area contributed by atoms with E-state index in [1.54, 1.807) is 4.90 Å². The van der Waals surface area contributed by atoms with Gasteiger partial charge in [-0.15, -0.1) is 11.8 Å². The highest BCUT2D eigenvalue weighted by molar-refractivity contribution is 8.00. The summed E-state index contributed by atoms with van der Waals surface area (Å²) in [6, 6.07) is -0.0751. The van der Waals surface area contributed by atoms with E-state index in [2.05, 4.69) is 0 Å². The van der Waals surface area contributed by atoms with Crippen molar-refractivity contribution in [1.82, 2.24) is 9.80 Å². The predicted octanol–water partition coefficient (Wildman–Crippen LogP) is 1.44. The Kier molecular flexibility index (Phi) is 8.30. The molecule has 1 saturated heterocycles. The van der Waals surface area contributed by atoms with Gasteiger partial charge in [-0.2, -0.15) is 0 Å². The number of carbonyl (C=O) groups excluding carboxylic acids is 2. The molecule has 2 amide bonds. The quantitative estimate of drug-likeness (QED) is 0.764. The van der Waals surface area contributed by atoms with Gasteiger partial charge in [0.1, 0.15) is 6.54 Å². The molecule has 0 atom stereocenters. The van der Waals surface area contributed by atoms with Gasteiger partial charge in [0.25, 0.3) is 0 Å². The highest BCUT2D eigenvalue weighted by Gasteiger charge is 2.23. The molecule has 0 radical (unpaired) electrons. The number of carboxylic acid groups (broad SMARTS) is 1. The van der Waals surface area contributed by atoms with Crippen molar-refractivity contribution >= 4 is 29.5 Å². The normalized spacial score (nSPS) is 15.5. The van der Waals surface area contributed by atoms with Crippen molar-refractivity contribution in [2.45, 2.75) is 45.6 Å². The molecule has 0 aromatic carbocycles. The van der Waals surface area contributed by atoms with Gasteiger partial charge in [0.15, 0.2) is 0 Å². The van der Waals surface area contributed by atoms with Crippen molar-refractivity contribution in [2.75, 3.05) is 31.1 Å². The maximum atomic E-state index is 12.4. The van der Waals surface area contributed by atoms with Crippen LogP contribution in [0.3, 0.4) is 0 Å². The van der Waals surface area contributed by atoms with Gasteiger partial charge in [-0.3, -0.25) is 14.4 Å². The third-order valence-corrected chi connectivity index (χ3v) is 4.56. The van der Waals surface area contributed by atoms with Crippen LogP contribution >= 0.6 is 11.8 Å². The van der Waals surface area contributed by atoms with Crippen molar-refractivity contribution in [3.63, 3.8) is 0 Å². The number of hydrogen-bond donors (Lipinski definition) is 1. The zero-order valence-corrected chi connectivity index (χ0v) is 14.2. The Hall–Kier alpha value is -1.24. The number of thioether (sulfide) groups is 1. The Morgan fingerprint density at radius 1 is 1.09 bits per heavy atom. The van der Waals surface area contributed by atoms with Crippen LogP contribution in [0.4, 0.5) is 0 Å². The molecule has 6 nitrogen and oxygen atoms in total. The van der Waals surface area contributed by atoms with Crippen LogP contribution in [0, 0.1) is 0 Å². The smallest absolute Gasteiger partial charge is 0.313 e. The second-order valence-electron chi connectivity index (χ2n) is 5.80. The summed E-state index contributed by atoms with van der Waals surface area (Å²) in [5.74, 6) is -1.12. The Morgan fingerprint density at radius 3 is 2.18 bits per heavy atom. The number of hydrogen-bond acceptors (Lipinski definition) is 4. The number of carbonyl (C=O) groups is 3. The van der Waals surface area contributed by atoms with Gasteiger partial charge < -0.3 is 14.9 Å². The number of aliphatic carboxylic acids is 1. The topological polar surface area (TPSA) is 77.9 Å². The molecule has 0 aliphatic carbocycles. The van der Waals surface area contributed by atoms with E-state index >= 15 is 0 Å². The fourth-order valence-electron chi connectivity index (χ4n) is 2.43. The van der Waals surface area contributed by atoms with Gasteiger partial charge in [0.2, 0.25) is 11.8 Å². The lowest BCUT2D eigenvalue weighted by Gasteiger charge is -2.29. The first-order valence-electron chi connectivity index (χ1n) is 7.78. The van der Waals surface area contributed by atoms with Crippen molar-refractivity contribution < 1.29 is 19.5 Å². The molecule has 1 fully saturated rings. The molecule has 1 aliphatic rings. The van der Waals surface area contributed by atoms with Gasteiger partial charge >= 0.3 is 5.97 Å². The van der Waals surface area contributed by atoms with Gasteiger partial charge in [-0.05, 0) is 26.7 Å². The Labute approximate surface area is 136 Å². The van der Waals surface area contributed by atoms with Crippen LogP contribution in [0.5, 0.6) is 0 Å². The average molecular weight is 330 g/mol. The minimum Gasteiger partial charge on any atom is -0.481 e. The van der Waals surface area contributed by atoms with E-state index in [-0.39, 0.29) is 35.9 Å². The predicted molar refractivity (Wildman–Crippen MR) is 86.9 cm³/mol. The molecule has 0 aromatic rings. The van der Waals surface area contributed by atoms with E-state index in [0.717, 1.165) is 50.5 Å². The van der Waals surface area contributed by atoms with E-state index in [9.17, 15) is 14.4 Å². The first-order chi connectivity index (χ1) is 10.4. The van der Waals surface area contributed by atoms with Gasteiger partial charge in [0, 0.05) is 19.1 Å². The van der Waals surface area contributed by atoms with Gasteiger partial charge in [-0.25, -0.2) is 0 Å². The summed E-state index contributed by atoms with van der Waals surface area (Å²) in [5.41, 5.74) is 0. The molecule has 0 bridgehead atoms. The number of nitrogens with zero attached hydrogens (tertiary/aromatic N) is 2. The van der Waals surface area contributed by atoms with E-state index in [4.69, 9.17) is 5.11 Å². The SMILES string of the molecule is CC(C)N(CC(=O)N1CCCCCC1)C(=O)CSCC(=O)O. The number of carboxylic acids is 1. The molecular formula is C15H26N2O4S. The first-order valence-corrected chi connectivity index (χ1v) is 8.94. The molecule has 1 heterocycles. The lowest BCUT2D eigenvalue weighted by atomic mass is 10.2. The minimum absolute atomic E-state index is 0.00724. The number of likely N-dealkylation sites (tertiary alicyclic amines) is 1. The molecule has 1 N–H and O–H groups in total. The molecule has 0 spiro atoms. The lowest BCUT2D eigenvalue weighted by molar-refractivity contribution is -0.140. The maximum absolute atomic E-state index is 12.4. The average Bonchev–Trinajstić information content (AvgIpc) is 2.72. The standard InChI is InChI=1S/C15H26N2O4S/c1-12(2)17(14(19)10-22-11-15(20)21)9-13(18)16-7-5-3-4-6-8-16/h12H,3-11H2,1-2H3,(H,20,21). The first kappa shape index (κ1) is 18.8. The van der Waals surface area contributed by atoms with Crippen LogP contribution in [0.1, 0.15) is 39.5 Å². The fourth-order valence-corrected chi connectivity index (χ4v) is 3.05. The summed E-state index contributed by atoms with van der Waals surface area (Å²) < 4.78 is 0. The largest absolute Gasteiger partial charge is 0.481 e. The molecule has 126 valence electrons. The number of rotatable bonds is 7. The maximum Gasteiger partial charge on any atom is 0.313 e. The van der Waals surface area contributed by atoms with Crippen molar-refractivity contribution in [2.24, 2.45) is 0 Å².